The molecule has 5 nitrogen and oxygen atoms in total. The van der Waals surface area contributed by atoms with Crippen molar-refractivity contribution in [3.63, 3.8) is 0 Å². The minimum atomic E-state index is 0.124. The van der Waals surface area contributed by atoms with Crippen LogP contribution in [0.2, 0.25) is 0 Å². The van der Waals surface area contributed by atoms with E-state index in [1.807, 2.05) is 0 Å². The van der Waals surface area contributed by atoms with Gasteiger partial charge in [0.1, 0.15) is 0 Å². The maximum Gasteiger partial charge on any atom is 0.223 e. The van der Waals surface area contributed by atoms with Gasteiger partial charge in [-0.05, 0) is 25.7 Å². The van der Waals surface area contributed by atoms with Gasteiger partial charge in [-0.15, -0.1) is 0 Å². The fraction of sp³-hybridized carbons (Fsp3) is 0.917. The molecule has 1 rings (SSSR count). The van der Waals surface area contributed by atoms with Crippen LogP contribution in [0.1, 0.15) is 25.7 Å². The lowest BCUT2D eigenvalue weighted by Gasteiger charge is -2.10. The average molecular weight is 244 g/mol. The third-order valence-electron chi connectivity index (χ3n) is 3.04. The quantitative estimate of drug-likeness (QED) is 0.602. The Balaban J connectivity index is 1.93. The molecule has 2 unspecified atom stereocenters. The molecular formula is C12H24N2O3. The first-order valence-corrected chi connectivity index (χ1v) is 6.34. The summed E-state index contributed by atoms with van der Waals surface area (Å²) in [4.78, 5) is 11.7. The highest BCUT2D eigenvalue weighted by atomic mass is 16.5. The van der Waals surface area contributed by atoms with E-state index in [0.717, 1.165) is 25.7 Å². The second kappa shape index (κ2) is 8.44. The molecule has 2 atom stereocenters. The number of nitrogens with two attached hydrogens (primary N) is 1. The van der Waals surface area contributed by atoms with Gasteiger partial charge in [0.15, 0.2) is 0 Å². The molecule has 0 bridgehead atoms. The van der Waals surface area contributed by atoms with Crippen LogP contribution in [0.15, 0.2) is 0 Å². The third kappa shape index (κ3) is 6.00. The van der Waals surface area contributed by atoms with E-state index in [4.69, 9.17) is 15.2 Å². The predicted octanol–water partition coefficient (Wildman–Crippen LogP) is 0.283. The standard InChI is InChI=1S/C12H24N2O3/c1-16-7-8-17-6-2-5-14-12(15)10-3-4-11(13)9-10/h10-11H,2-9,13H2,1H3,(H,14,15). The molecule has 0 radical (unpaired) electrons. The van der Waals surface area contributed by atoms with Gasteiger partial charge < -0.3 is 20.5 Å². The van der Waals surface area contributed by atoms with Gasteiger partial charge in [-0.2, -0.15) is 0 Å². The van der Waals surface area contributed by atoms with Crippen LogP contribution in [0.3, 0.4) is 0 Å². The van der Waals surface area contributed by atoms with Gasteiger partial charge in [0.2, 0.25) is 5.91 Å². The maximum absolute atomic E-state index is 11.7. The van der Waals surface area contributed by atoms with Crippen molar-refractivity contribution in [3.8, 4) is 0 Å². The molecule has 3 N–H and O–H groups in total. The van der Waals surface area contributed by atoms with E-state index >= 15 is 0 Å². The van der Waals surface area contributed by atoms with Crippen molar-refractivity contribution in [2.75, 3.05) is 33.5 Å². The van der Waals surface area contributed by atoms with Gasteiger partial charge >= 0.3 is 0 Å². The topological polar surface area (TPSA) is 73.6 Å². The number of amides is 1. The number of carbonyl (C=O) groups is 1. The molecule has 0 aliphatic heterocycles. The zero-order chi connectivity index (χ0) is 12.5. The summed E-state index contributed by atoms with van der Waals surface area (Å²) < 4.78 is 10.2. The molecule has 1 saturated carbocycles. The van der Waals surface area contributed by atoms with Crippen LogP contribution < -0.4 is 11.1 Å². The van der Waals surface area contributed by atoms with E-state index in [9.17, 15) is 4.79 Å². The second-order valence-corrected chi connectivity index (χ2v) is 4.52. The van der Waals surface area contributed by atoms with Gasteiger partial charge in [-0.25, -0.2) is 0 Å². The van der Waals surface area contributed by atoms with Crippen molar-refractivity contribution in [1.82, 2.24) is 5.32 Å². The van der Waals surface area contributed by atoms with Crippen LogP contribution in [0.25, 0.3) is 0 Å². The summed E-state index contributed by atoms with van der Waals surface area (Å²) in [5, 5.41) is 2.93. The van der Waals surface area contributed by atoms with Crippen molar-refractivity contribution in [3.05, 3.63) is 0 Å². The first kappa shape index (κ1) is 14.4. The highest BCUT2D eigenvalue weighted by Gasteiger charge is 2.27. The van der Waals surface area contributed by atoms with Crippen LogP contribution in [-0.4, -0.2) is 45.4 Å². The Morgan fingerprint density at radius 2 is 2.18 bits per heavy atom. The first-order valence-electron chi connectivity index (χ1n) is 6.34. The number of rotatable bonds is 8. The van der Waals surface area contributed by atoms with E-state index in [0.29, 0.717) is 26.4 Å². The summed E-state index contributed by atoms with van der Waals surface area (Å²) in [6.07, 6.45) is 3.57. The zero-order valence-electron chi connectivity index (χ0n) is 10.6. The molecule has 17 heavy (non-hydrogen) atoms. The number of ether oxygens (including phenoxy) is 2. The lowest BCUT2D eigenvalue weighted by Crippen LogP contribution is -2.31. The molecular weight excluding hydrogens is 220 g/mol. The van der Waals surface area contributed by atoms with Crippen molar-refractivity contribution < 1.29 is 14.3 Å². The SMILES string of the molecule is COCCOCCCNC(=O)C1CCC(N)C1. The first-order chi connectivity index (χ1) is 8.24. The van der Waals surface area contributed by atoms with Crippen LogP contribution in [-0.2, 0) is 14.3 Å². The molecule has 1 aliphatic carbocycles. The normalized spacial score (nSPS) is 23.9. The molecule has 1 amide bonds. The monoisotopic (exact) mass is 244 g/mol. The number of carbonyl (C=O) groups excluding carboxylic acids is 1. The number of hydrogen-bond acceptors (Lipinski definition) is 4. The summed E-state index contributed by atoms with van der Waals surface area (Å²) in [7, 11) is 1.65. The fourth-order valence-corrected chi connectivity index (χ4v) is 2.03. The second-order valence-electron chi connectivity index (χ2n) is 4.52. The minimum Gasteiger partial charge on any atom is -0.382 e. The number of methoxy groups -OCH3 is 1. The highest BCUT2D eigenvalue weighted by molar-refractivity contribution is 5.78. The summed E-state index contributed by atoms with van der Waals surface area (Å²) in [5.74, 6) is 0.272. The summed E-state index contributed by atoms with van der Waals surface area (Å²) >= 11 is 0. The maximum atomic E-state index is 11.7. The lowest BCUT2D eigenvalue weighted by molar-refractivity contribution is -0.124. The molecule has 1 fully saturated rings. The molecule has 100 valence electrons. The smallest absolute Gasteiger partial charge is 0.223 e. The van der Waals surface area contributed by atoms with Crippen molar-refractivity contribution in [1.29, 1.82) is 0 Å². The van der Waals surface area contributed by atoms with E-state index < -0.39 is 0 Å². The van der Waals surface area contributed by atoms with Crippen molar-refractivity contribution in [2.45, 2.75) is 31.7 Å². The lowest BCUT2D eigenvalue weighted by atomic mass is 10.1. The van der Waals surface area contributed by atoms with E-state index in [-0.39, 0.29) is 17.9 Å². The molecule has 0 spiro atoms. The Morgan fingerprint density at radius 1 is 1.35 bits per heavy atom. The van der Waals surface area contributed by atoms with Gasteiger partial charge in [-0.1, -0.05) is 0 Å². The summed E-state index contributed by atoms with van der Waals surface area (Å²) in [6.45, 7) is 2.57. The third-order valence-corrected chi connectivity index (χ3v) is 3.04. The molecule has 0 aromatic carbocycles. The Morgan fingerprint density at radius 3 is 2.82 bits per heavy atom. The molecule has 5 heteroatoms. The Hall–Kier alpha value is -0.650. The largest absolute Gasteiger partial charge is 0.382 e. The van der Waals surface area contributed by atoms with E-state index in [1.54, 1.807) is 7.11 Å². The fourth-order valence-electron chi connectivity index (χ4n) is 2.03. The van der Waals surface area contributed by atoms with Crippen LogP contribution >= 0.6 is 0 Å². The Kier molecular flexibility index (Phi) is 7.16. The Bertz CT molecular complexity index is 224. The van der Waals surface area contributed by atoms with E-state index in [2.05, 4.69) is 5.32 Å². The van der Waals surface area contributed by atoms with Gasteiger partial charge in [-0.3, -0.25) is 4.79 Å². The Labute approximate surface area is 103 Å². The molecule has 0 saturated heterocycles. The van der Waals surface area contributed by atoms with Crippen molar-refractivity contribution >= 4 is 5.91 Å². The molecule has 0 aromatic rings. The minimum absolute atomic E-state index is 0.124. The molecule has 1 aliphatic rings. The summed E-state index contributed by atoms with van der Waals surface area (Å²) in [5.41, 5.74) is 5.77. The molecule has 0 heterocycles. The number of hydrogen-bond donors (Lipinski definition) is 2. The zero-order valence-corrected chi connectivity index (χ0v) is 10.6. The number of nitrogens with one attached hydrogen (secondary N) is 1. The summed E-state index contributed by atoms with van der Waals surface area (Å²) in [6, 6.07) is 0.211. The van der Waals surface area contributed by atoms with Crippen LogP contribution in [0.5, 0.6) is 0 Å². The van der Waals surface area contributed by atoms with Crippen LogP contribution in [0, 0.1) is 5.92 Å². The average Bonchev–Trinajstić information content (AvgIpc) is 2.74. The van der Waals surface area contributed by atoms with Gasteiger partial charge in [0.25, 0.3) is 0 Å². The predicted molar refractivity (Wildman–Crippen MR) is 65.6 cm³/mol. The molecule has 0 aromatic heterocycles. The highest BCUT2D eigenvalue weighted by Crippen LogP contribution is 2.23. The van der Waals surface area contributed by atoms with Crippen molar-refractivity contribution in [2.24, 2.45) is 11.7 Å². The van der Waals surface area contributed by atoms with Crippen LogP contribution in [0.4, 0.5) is 0 Å². The van der Waals surface area contributed by atoms with Gasteiger partial charge in [0, 0.05) is 32.2 Å². The van der Waals surface area contributed by atoms with E-state index in [1.165, 1.54) is 0 Å². The van der Waals surface area contributed by atoms with Gasteiger partial charge in [0.05, 0.1) is 13.2 Å².